The van der Waals surface area contributed by atoms with Gasteiger partial charge in [0, 0.05) is 11.5 Å². The molecule has 29 heavy (non-hydrogen) atoms. The molecule has 0 bridgehead atoms. The smallest absolute Gasteiger partial charge is 0.231 e. The summed E-state index contributed by atoms with van der Waals surface area (Å²) in [4.78, 5) is 12.4. The minimum Gasteiger partial charge on any atom is -0.497 e. The Kier molecular flexibility index (Phi) is 5.53. The van der Waals surface area contributed by atoms with Gasteiger partial charge in [-0.2, -0.15) is 0 Å². The lowest BCUT2D eigenvalue weighted by Crippen LogP contribution is -2.28. The molecule has 0 spiro atoms. The third kappa shape index (κ3) is 4.27. The fourth-order valence-corrected chi connectivity index (χ4v) is 3.70. The van der Waals surface area contributed by atoms with E-state index in [0.29, 0.717) is 5.16 Å². The van der Waals surface area contributed by atoms with Gasteiger partial charge in [-0.1, -0.05) is 36.0 Å². The summed E-state index contributed by atoms with van der Waals surface area (Å²) in [6, 6.07) is 17.1. The Hall–Kier alpha value is -3.26. The Labute approximate surface area is 172 Å². The van der Waals surface area contributed by atoms with Crippen molar-refractivity contribution < 1.29 is 13.9 Å². The number of aromatic nitrogens is 3. The quantitative estimate of drug-likeness (QED) is 0.466. The summed E-state index contributed by atoms with van der Waals surface area (Å²) in [7, 11) is 1.62. The Morgan fingerprint density at radius 3 is 2.93 bits per heavy atom. The molecule has 4 aromatic rings. The van der Waals surface area contributed by atoms with E-state index in [-0.39, 0.29) is 17.7 Å². The van der Waals surface area contributed by atoms with Crippen molar-refractivity contribution in [2.75, 3.05) is 12.9 Å². The molecule has 1 amide bonds. The second-order valence-electron chi connectivity index (χ2n) is 6.45. The van der Waals surface area contributed by atoms with Crippen LogP contribution in [0.4, 0.5) is 0 Å². The van der Waals surface area contributed by atoms with Gasteiger partial charge in [-0.15, -0.1) is 10.2 Å². The molecular formula is C21H20N4O3S. The first kappa shape index (κ1) is 19.1. The van der Waals surface area contributed by atoms with Crippen LogP contribution in [0.1, 0.15) is 18.7 Å². The number of methoxy groups -OCH3 is 1. The second kappa shape index (κ2) is 8.40. The molecule has 0 saturated carbocycles. The maximum atomic E-state index is 12.4. The van der Waals surface area contributed by atoms with Gasteiger partial charge in [0.2, 0.25) is 5.91 Å². The van der Waals surface area contributed by atoms with E-state index in [0.717, 1.165) is 28.2 Å². The van der Waals surface area contributed by atoms with Crippen LogP contribution in [0, 0.1) is 0 Å². The number of nitrogens with zero attached hydrogens (tertiary/aromatic N) is 3. The number of hydrogen-bond acceptors (Lipinski definition) is 6. The largest absolute Gasteiger partial charge is 0.497 e. The number of fused-ring (bicyclic) bond motifs is 1. The Bertz CT molecular complexity index is 1100. The fraction of sp³-hybridized carbons (Fsp3) is 0.190. The van der Waals surface area contributed by atoms with Crippen molar-refractivity contribution in [2.24, 2.45) is 0 Å². The SMILES string of the molecule is COc1cccc(-n2cnnc2SCC(=O)N[C@@H](C)c2cc3ccccc3o2)c1. The van der Waals surface area contributed by atoms with Gasteiger partial charge in [0.1, 0.15) is 23.4 Å². The molecule has 2 aromatic carbocycles. The molecule has 148 valence electrons. The summed E-state index contributed by atoms with van der Waals surface area (Å²) in [5.41, 5.74) is 1.68. The third-order valence-electron chi connectivity index (χ3n) is 4.43. The van der Waals surface area contributed by atoms with Gasteiger partial charge >= 0.3 is 0 Å². The lowest BCUT2D eigenvalue weighted by Gasteiger charge is -2.11. The lowest BCUT2D eigenvalue weighted by molar-refractivity contribution is -0.119. The average molecular weight is 408 g/mol. The number of benzene rings is 2. The molecule has 7 nitrogen and oxygen atoms in total. The topological polar surface area (TPSA) is 82.2 Å². The number of thioether (sulfide) groups is 1. The van der Waals surface area contributed by atoms with Crippen LogP contribution in [-0.2, 0) is 4.79 Å². The summed E-state index contributed by atoms with van der Waals surface area (Å²) >= 11 is 1.32. The molecule has 0 aliphatic rings. The zero-order valence-electron chi connectivity index (χ0n) is 16.0. The van der Waals surface area contributed by atoms with E-state index < -0.39 is 0 Å². The minimum atomic E-state index is -0.230. The van der Waals surface area contributed by atoms with Crippen LogP contribution in [-0.4, -0.2) is 33.5 Å². The van der Waals surface area contributed by atoms with Gasteiger partial charge in [0.05, 0.1) is 24.6 Å². The summed E-state index contributed by atoms with van der Waals surface area (Å²) in [6.45, 7) is 1.90. The standard InChI is InChI=1S/C21H20N4O3S/c1-14(19-10-15-6-3-4-9-18(15)28-19)23-20(26)12-29-21-24-22-13-25(21)16-7-5-8-17(11-16)27-2/h3-11,13-14H,12H2,1-2H3,(H,23,26)/t14-/m0/s1. The summed E-state index contributed by atoms with van der Waals surface area (Å²) in [6.07, 6.45) is 1.62. The van der Waals surface area contributed by atoms with Crippen LogP contribution >= 0.6 is 11.8 Å². The summed E-state index contributed by atoms with van der Waals surface area (Å²) in [5.74, 6) is 1.57. The third-order valence-corrected chi connectivity index (χ3v) is 5.37. The molecule has 4 rings (SSSR count). The predicted molar refractivity (Wildman–Crippen MR) is 111 cm³/mol. The molecule has 0 unspecified atom stereocenters. The lowest BCUT2D eigenvalue weighted by atomic mass is 10.2. The van der Waals surface area contributed by atoms with E-state index in [1.165, 1.54) is 11.8 Å². The van der Waals surface area contributed by atoms with Gasteiger partial charge in [-0.3, -0.25) is 9.36 Å². The Morgan fingerprint density at radius 1 is 1.24 bits per heavy atom. The highest BCUT2D eigenvalue weighted by molar-refractivity contribution is 7.99. The highest BCUT2D eigenvalue weighted by atomic mass is 32.2. The number of para-hydroxylation sites is 1. The molecule has 0 saturated heterocycles. The van der Waals surface area contributed by atoms with E-state index in [4.69, 9.17) is 9.15 Å². The van der Waals surface area contributed by atoms with E-state index >= 15 is 0 Å². The van der Waals surface area contributed by atoms with E-state index in [2.05, 4.69) is 15.5 Å². The number of carbonyl (C=O) groups is 1. The zero-order chi connectivity index (χ0) is 20.2. The van der Waals surface area contributed by atoms with Crippen LogP contribution in [0.2, 0.25) is 0 Å². The molecule has 1 atom stereocenters. The Morgan fingerprint density at radius 2 is 2.10 bits per heavy atom. The molecule has 0 fully saturated rings. The molecule has 0 aliphatic heterocycles. The number of nitrogens with one attached hydrogen (secondary N) is 1. The van der Waals surface area contributed by atoms with Gasteiger partial charge in [-0.25, -0.2) is 0 Å². The first-order chi connectivity index (χ1) is 14.1. The molecule has 8 heteroatoms. The van der Waals surface area contributed by atoms with E-state index in [1.54, 1.807) is 13.4 Å². The van der Waals surface area contributed by atoms with Crippen molar-refractivity contribution >= 4 is 28.6 Å². The molecule has 0 aliphatic carbocycles. The average Bonchev–Trinajstić information content (AvgIpc) is 3.39. The number of hydrogen-bond donors (Lipinski definition) is 1. The number of furan rings is 1. The first-order valence-electron chi connectivity index (χ1n) is 9.09. The van der Waals surface area contributed by atoms with E-state index in [1.807, 2.05) is 66.1 Å². The maximum Gasteiger partial charge on any atom is 0.231 e. The first-order valence-corrected chi connectivity index (χ1v) is 10.1. The van der Waals surface area contributed by atoms with Gasteiger partial charge < -0.3 is 14.5 Å². The van der Waals surface area contributed by atoms with Gasteiger partial charge in [0.25, 0.3) is 0 Å². The molecule has 0 radical (unpaired) electrons. The highest BCUT2D eigenvalue weighted by Gasteiger charge is 2.16. The monoisotopic (exact) mass is 408 g/mol. The second-order valence-corrected chi connectivity index (χ2v) is 7.39. The van der Waals surface area contributed by atoms with Crippen molar-refractivity contribution in [1.29, 1.82) is 0 Å². The summed E-state index contributed by atoms with van der Waals surface area (Å²) in [5, 5.41) is 12.7. The molecule has 2 aromatic heterocycles. The highest BCUT2D eigenvalue weighted by Crippen LogP contribution is 2.25. The molecule has 1 N–H and O–H groups in total. The van der Waals surface area contributed by atoms with Crippen molar-refractivity contribution in [3.8, 4) is 11.4 Å². The minimum absolute atomic E-state index is 0.108. The zero-order valence-corrected chi connectivity index (χ0v) is 16.8. The van der Waals surface area contributed by atoms with Crippen molar-refractivity contribution in [3.63, 3.8) is 0 Å². The summed E-state index contributed by atoms with van der Waals surface area (Å²) < 4.78 is 12.9. The number of ether oxygens (including phenoxy) is 1. The normalized spacial score (nSPS) is 12.1. The van der Waals surface area contributed by atoms with Crippen molar-refractivity contribution in [1.82, 2.24) is 20.1 Å². The molecule has 2 heterocycles. The van der Waals surface area contributed by atoms with Crippen molar-refractivity contribution in [2.45, 2.75) is 18.1 Å². The molecular weight excluding hydrogens is 388 g/mol. The number of rotatable bonds is 7. The van der Waals surface area contributed by atoms with E-state index in [9.17, 15) is 4.79 Å². The maximum absolute atomic E-state index is 12.4. The number of amides is 1. The van der Waals surface area contributed by atoms with Crippen LogP contribution in [0.15, 0.2) is 70.5 Å². The number of carbonyl (C=O) groups excluding carboxylic acids is 1. The van der Waals surface area contributed by atoms with Gasteiger partial charge in [0.15, 0.2) is 5.16 Å². The predicted octanol–water partition coefficient (Wildman–Crippen LogP) is 3.99. The fourth-order valence-electron chi connectivity index (χ4n) is 2.96. The van der Waals surface area contributed by atoms with Crippen LogP contribution in [0.5, 0.6) is 5.75 Å². The van der Waals surface area contributed by atoms with Gasteiger partial charge in [-0.05, 0) is 31.2 Å². The van der Waals surface area contributed by atoms with Crippen LogP contribution in [0.25, 0.3) is 16.7 Å². The Balaban J connectivity index is 1.39. The van der Waals surface area contributed by atoms with Crippen molar-refractivity contribution in [3.05, 3.63) is 66.7 Å². The van der Waals surface area contributed by atoms with Crippen LogP contribution < -0.4 is 10.1 Å². The van der Waals surface area contributed by atoms with Crippen LogP contribution in [0.3, 0.4) is 0 Å².